The number of amides is 1. The number of aromatic hydroxyl groups is 1. The Morgan fingerprint density at radius 1 is 1.32 bits per heavy atom. The first-order valence-electron chi connectivity index (χ1n) is 7.21. The van der Waals surface area contributed by atoms with Gasteiger partial charge in [0.2, 0.25) is 0 Å². The van der Waals surface area contributed by atoms with Crippen LogP contribution in [0.1, 0.15) is 31.4 Å². The number of nitrogens with zero attached hydrogens (tertiary/aromatic N) is 1. The number of likely N-dealkylation sites (tertiary alicyclic amines) is 1. The van der Waals surface area contributed by atoms with Crippen LogP contribution in [0.2, 0.25) is 10.0 Å². The Kier molecular flexibility index (Phi) is 5.55. The summed E-state index contributed by atoms with van der Waals surface area (Å²) in [6, 6.07) is 2.61. The molecule has 0 aromatic heterocycles. The number of aliphatic hydroxyl groups is 1. The van der Waals surface area contributed by atoms with Gasteiger partial charge >= 0.3 is 0 Å². The maximum atomic E-state index is 11.8. The molecule has 1 saturated heterocycles. The largest absolute Gasteiger partial charge is 0.508 e. The molecule has 2 atom stereocenters. The van der Waals surface area contributed by atoms with Gasteiger partial charge in [-0.2, -0.15) is 0 Å². The molecule has 1 aromatic carbocycles. The lowest BCUT2D eigenvalue weighted by atomic mass is 9.85. The third kappa shape index (κ3) is 3.66. The SMILES string of the molecule is CC(O)C(=O)N1CCC([C@@H](N)c2cc(Cl)c(Cl)cc2O)CC1. The molecule has 0 spiro atoms. The van der Waals surface area contributed by atoms with Crippen molar-refractivity contribution in [2.45, 2.75) is 31.9 Å². The van der Waals surface area contributed by atoms with Gasteiger partial charge in [-0.15, -0.1) is 0 Å². The lowest BCUT2D eigenvalue weighted by Gasteiger charge is -2.35. The molecule has 1 aromatic rings. The van der Waals surface area contributed by atoms with Crippen molar-refractivity contribution in [3.63, 3.8) is 0 Å². The molecule has 4 N–H and O–H groups in total. The van der Waals surface area contributed by atoms with Crippen molar-refractivity contribution in [2.75, 3.05) is 13.1 Å². The molecule has 1 aliphatic heterocycles. The smallest absolute Gasteiger partial charge is 0.251 e. The van der Waals surface area contributed by atoms with Gasteiger partial charge in [-0.25, -0.2) is 0 Å². The van der Waals surface area contributed by atoms with E-state index in [0.717, 1.165) is 0 Å². The first kappa shape index (κ1) is 17.3. The van der Waals surface area contributed by atoms with E-state index in [-0.39, 0.29) is 28.6 Å². The molecule has 1 unspecified atom stereocenters. The van der Waals surface area contributed by atoms with Crippen LogP contribution in [-0.2, 0) is 4.79 Å². The topological polar surface area (TPSA) is 86.8 Å². The van der Waals surface area contributed by atoms with Gasteiger partial charge in [-0.1, -0.05) is 23.2 Å². The number of phenols is 1. The molecular weight excluding hydrogens is 327 g/mol. The summed E-state index contributed by atoms with van der Waals surface area (Å²) in [4.78, 5) is 13.4. The Morgan fingerprint density at radius 2 is 1.86 bits per heavy atom. The highest BCUT2D eigenvalue weighted by Crippen LogP contribution is 2.37. The second-order valence-corrected chi connectivity index (χ2v) is 6.50. The van der Waals surface area contributed by atoms with Crippen LogP contribution in [0.15, 0.2) is 12.1 Å². The monoisotopic (exact) mass is 346 g/mol. The van der Waals surface area contributed by atoms with Crippen LogP contribution in [-0.4, -0.2) is 40.2 Å². The van der Waals surface area contributed by atoms with Gasteiger partial charge in [-0.3, -0.25) is 4.79 Å². The van der Waals surface area contributed by atoms with Crippen LogP contribution in [0.25, 0.3) is 0 Å². The Hall–Kier alpha value is -1.01. The summed E-state index contributed by atoms with van der Waals surface area (Å²) in [6.07, 6.45) is 0.433. The fraction of sp³-hybridized carbons (Fsp3) is 0.533. The Labute approximate surface area is 139 Å². The lowest BCUT2D eigenvalue weighted by molar-refractivity contribution is -0.140. The lowest BCUT2D eigenvalue weighted by Crippen LogP contribution is -2.44. The molecule has 1 aliphatic rings. The van der Waals surface area contributed by atoms with Crippen molar-refractivity contribution in [1.29, 1.82) is 0 Å². The average Bonchev–Trinajstić information content (AvgIpc) is 2.49. The number of rotatable bonds is 3. The summed E-state index contributed by atoms with van der Waals surface area (Å²) in [6.45, 7) is 2.56. The van der Waals surface area contributed by atoms with E-state index in [2.05, 4.69) is 0 Å². The molecule has 7 heteroatoms. The third-order valence-electron chi connectivity index (χ3n) is 4.15. The molecule has 122 valence electrons. The predicted molar refractivity (Wildman–Crippen MR) is 86.0 cm³/mol. The summed E-state index contributed by atoms with van der Waals surface area (Å²) in [5.74, 6) is -0.102. The second kappa shape index (κ2) is 7.04. The van der Waals surface area contributed by atoms with Crippen LogP contribution >= 0.6 is 23.2 Å². The predicted octanol–water partition coefficient (Wildman–Crippen LogP) is 2.32. The van der Waals surface area contributed by atoms with E-state index in [1.54, 1.807) is 11.0 Å². The Balaban J connectivity index is 2.05. The molecule has 5 nitrogen and oxygen atoms in total. The van der Waals surface area contributed by atoms with E-state index < -0.39 is 6.10 Å². The number of piperidine rings is 1. The van der Waals surface area contributed by atoms with Gasteiger partial charge < -0.3 is 20.8 Å². The van der Waals surface area contributed by atoms with E-state index in [1.165, 1.54) is 13.0 Å². The van der Waals surface area contributed by atoms with Crippen molar-refractivity contribution < 1.29 is 15.0 Å². The van der Waals surface area contributed by atoms with Crippen LogP contribution in [0.4, 0.5) is 0 Å². The van der Waals surface area contributed by atoms with Crippen molar-refractivity contribution >= 4 is 29.1 Å². The molecule has 1 heterocycles. The van der Waals surface area contributed by atoms with Crippen molar-refractivity contribution in [3.8, 4) is 5.75 Å². The normalized spacial score (nSPS) is 19.0. The second-order valence-electron chi connectivity index (χ2n) is 5.69. The summed E-state index contributed by atoms with van der Waals surface area (Å²) in [5, 5.41) is 20.0. The minimum absolute atomic E-state index is 0.0318. The summed E-state index contributed by atoms with van der Waals surface area (Å²) in [7, 11) is 0. The number of hydrogen-bond donors (Lipinski definition) is 3. The number of carbonyl (C=O) groups excluding carboxylic acids is 1. The van der Waals surface area contributed by atoms with Gasteiger partial charge in [-0.05, 0) is 31.7 Å². The number of benzene rings is 1. The quantitative estimate of drug-likeness (QED) is 0.783. The minimum atomic E-state index is -0.982. The van der Waals surface area contributed by atoms with Gasteiger partial charge in [0.15, 0.2) is 0 Å². The molecule has 2 rings (SSSR count). The number of carbonyl (C=O) groups is 1. The van der Waals surface area contributed by atoms with E-state index in [9.17, 15) is 15.0 Å². The van der Waals surface area contributed by atoms with Crippen molar-refractivity contribution in [2.24, 2.45) is 11.7 Å². The van der Waals surface area contributed by atoms with Gasteiger partial charge in [0, 0.05) is 30.8 Å². The third-order valence-corrected chi connectivity index (χ3v) is 4.87. The van der Waals surface area contributed by atoms with Crippen LogP contribution in [0, 0.1) is 5.92 Å². The van der Waals surface area contributed by atoms with E-state index in [1.807, 2.05) is 0 Å². The summed E-state index contributed by atoms with van der Waals surface area (Å²) >= 11 is 11.8. The zero-order valence-corrected chi connectivity index (χ0v) is 13.8. The van der Waals surface area contributed by atoms with Gasteiger partial charge in [0.25, 0.3) is 5.91 Å². The van der Waals surface area contributed by atoms with Gasteiger partial charge in [0.1, 0.15) is 11.9 Å². The van der Waals surface area contributed by atoms with Crippen LogP contribution in [0.3, 0.4) is 0 Å². The van der Waals surface area contributed by atoms with E-state index in [0.29, 0.717) is 36.5 Å². The summed E-state index contributed by atoms with van der Waals surface area (Å²) in [5.41, 5.74) is 6.82. The first-order chi connectivity index (χ1) is 10.3. The number of phenolic OH excluding ortho intramolecular Hbond substituents is 1. The molecular formula is C15H20Cl2N2O3. The highest BCUT2D eigenvalue weighted by atomic mass is 35.5. The van der Waals surface area contributed by atoms with Gasteiger partial charge in [0.05, 0.1) is 10.0 Å². The average molecular weight is 347 g/mol. The van der Waals surface area contributed by atoms with Crippen LogP contribution < -0.4 is 5.73 Å². The number of aliphatic hydroxyl groups excluding tert-OH is 1. The Morgan fingerprint density at radius 3 is 2.41 bits per heavy atom. The molecule has 0 saturated carbocycles. The fourth-order valence-corrected chi connectivity index (χ4v) is 3.15. The van der Waals surface area contributed by atoms with E-state index >= 15 is 0 Å². The highest BCUT2D eigenvalue weighted by Gasteiger charge is 2.30. The molecule has 1 fully saturated rings. The Bertz CT molecular complexity index is 558. The first-order valence-corrected chi connectivity index (χ1v) is 7.97. The zero-order valence-electron chi connectivity index (χ0n) is 12.3. The van der Waals surface area contributed by atoms with Crippen molar-refractivity contribution in [3.05, 3.63) is 27.7 Å². The van der Waals surface area contributed by atoms with E-state index in [4.69, 9.17) is 28.9 Å². The molecule has 1 amide bonds. The zero-order chi connectivity index (χ0) is 16.4. The van der Waals surface area contributed by atoms with Crippen molar-refractivity contribution in [1.82, 2.24) is 4.90 Å². The summed E-state index contributed by atoms with van der Waals surface area (Å²) < 4.78 is 0. The number of nitrogens with two attached hydrogens (primary N) is 1. The molecule has 0 radical (unpaired) electrons. The maximum absolute atomic E-state index is 11.8. The number of hydrogen-bond acceptors (Lipinski definition) is 4. The fourth-order valence-electron chi connectivity index (χ4n) is 2.82. The van der Waals surface area contributed by atoms with Crippen LogP contribution in [0.5, 0.6) is 5.75 Å². The molecule has 0 aliphatic carbocycles. The number of halogens is 2. The standard InChI is InChI=1S/C15H20Cl2N2O3/c1-8(20)15(22)19-4-2-9(3-5-19)14(18)10-6-11(16)12(17)7-13(10)21/h6-9,14,20-21H,2-5,18H2,1H3/t8?,14-/m1/s1. The molecule has 22 heavy (non-hydrogen) atoms. The highest BCUT2D eigenvalue weighted by molar-refractivity contribution is 6.42. The maximum Gasteiger partial charge on any atom is 0.251 e. The minimum Gasteiger partial charge on any atom is -0.508 e. The molecule has 0 bridgehead atoms.